The smallest absolute Gasteiger partial charge is 0.261 e. The molecule has 0 unspecified atom stereocenters. The average molecular weight is 271 g/mol. The van der Waals surface area contributed by atoms with Gasteiger partial charge in [0.1, 0.15) is 5.56 Å². The van der Waals surface area contributed by atoms with Gasteiger partial charge in [0.2, 0.25) is 0 Å². The number of carbonyl (C=O) groups excluding carboxylic acids is 1. The number of hydrogen-bond donors (Lipinski definition) is 3. The molecule has 6 heteroatoms. The highest BCUT2D eigenvalue weighted by molar-refractivity contribution is 6.05. The second-order valence-corrected chi connectivity index (χ2v) is 4.14. The third-order valence-electron chi connectivity index (χ3n) is 2.76. The lowest BCUT2D eigenvalue weighted by atomic mass is 10.1. The van der Waals surface area contributed by atoms with E-state index in [1.807, 2.05) is 0 Å². The number of nitrogens with one attached hydrogen (secondary N) is 2. The van der Waals surface area contributed by atoms with E-state index in [4.69, 9.17) is 5.21 Å². The number of pyridine rings is 1. The van der Waals surface area contributed by atoms with Crippen LogP contribution in [0.4, 0.5) is 5.69 Å². The first-order valence-corrected chi connectivity index (χ1v) is 5.89. The number of oxime groups is 1. The van der Waals surface area contributed by atoms with Crippen molar-refractivity contribution in [3.8, 4) is 0 Å². The maximum Gasteiger partial charge on any atom is 0.261 e. The van der Waals surface area contributed by atoms with E-state index in [9.17, 15) is 9.59 Å². The summed E-state index contributed by atoms with van der Waals surface area (Å²) in [4.78, 5) is 26.2. The van der Waals surface area contributed by atoms with Crippen molar-refractivity contribution in [2.75, 3.05) is 5.32 Å². The van der Waals surface area contributed by atoms with Gasteiger partial charge in [-0.05, 0) is 19.1 Å². The molecule has 2 aromatic rings. The zero-order valence-corrected chi connectivity index (χ0v) is 10.8. The second kappa shape index (κ2) is 5.83. The number of carbonyl (C=O) groups is 1. The van der Waals surface area contributed by atoms with Crippen molar-refractivity contribution in [2.45, 2.75) is 6.92 Å². The molecule has 1 aromatic heterocycles. The molecular formula is C14H13N3O3. The van der Waals surface area contributed by atoms with Gasteiger partial charge in [-0.1, -0.05) is 17.3 Å². The fourth-order valence-electron chi connectivity index (χ4n) is 1.67. The van der Waals surface area contributed by atoms with Crippen LogP contribution in [0.25, 0.3) is 0 Å². The largest absolute Gasteiger partial charge is 0.411 e. The molecule has 1 heterocycles. The molecule has 0 spiro atoms. The zero-order chi connectivity index (χ0) is 14.5. The Balaban J connectivity index is 2.25. The second-order valence-electron chi connectivity index (χ2n) is 4.14. The van der Waals surface area contributed by atoms with Crippen LogP contribution in [0.1, 0.15) is 22.8 Å². The summed E-state index contributed by atoms with van der Waals surface area (Å²) in [5, 5.41) is 14.5. The van der Waals surface area contributed by atoms with Crippen molar-refractivity contribution in [3.05, 3.63) is 64.1 Å². The van der Waals surface area contributed by atoms with Crippen molar-refractivity contribution in [1.29, 1.82) is 0 Å². The zero-order valence-electron chi connectivity index (χ0n) is 10.8. The fraction of sp³-hybridized carbons (Fsp3) is 0.0714. The molecular weight excluding hydrogens is 258 g/mol. The maximum atomic E-state index is 12.0. The van der Waals surface area contributed by atoms with E-state index in [0.717, 1.165) is 0 Å². The minimum Gasteiger partial charge on any atom is -0.411 e. The van der Waals surface area contributed by atoms with Crippen LogP contribution >= 0.6 is 0 Å². The van der Waals surface area contributed by atoms with Crippen molar-refractivity contribution < 1.29 is 10.0 Å². The third-order valence-corrected chi connectivity index (χ3v) is 2.76. The Labute approximate surface area is 114 Å². The Morgan fingerprint density at radius 2 is 2.15 bits per heavy atom. The van der Waals surface area contributed by atoms with E-state index in [0.29, 0.717) is 17.0 Å². The van der Waals surface area contributed by atoms with Gasteiger partial charge in [0.25, 0.3) is 5.91 Å². The van der Waals surface area contributed by atoms with Crippen LogP contribution in [0.3, 0.4) is 0 Å². The first-order chi connectivity index (χ1) is 9.61. The molecule has 0 aliphatic rings. The number of nitrogens with zero attached hydrogens (tertiary/aromatic N) is 1. The van der Waals surface area contributed by atoms with Gasteiger partial charge in [0, 0.05) is 29.7 Å². The molecule has 0 aliphatic carbocycles. The minimum absolute atomic E-state index is 0.0328. The van der Waals surface area contributed by atoms with E-state index >= 15 is 0 Å². The highest BCUT2D eigenvalue weighted by Gasteiger charge is 2.10. The average Bonchev–Trinajstić information content (AvgIpc) is 2.47. The summed E-state index contributed by atoms with van der Waals surface area (Å²) >= 11 is 0. The summed E-state index contributed by atoms with van der Waals surface area (Å²) in [5.74, 6) is -0.498. The van der Waals surface area contributed by atoms with Crippen LogP contribution in [0.5, 0.6) is 0 Å². The normalized spacial score (nSPS) is 11.2. The molecule has 6 nitrogen and oxygen atoms in total. The summed E-state index contributed by atoms with van der Waals surface area (Å²) in [6.07, 6.45) is 2.81. The van der Waals surface area contributed by atoms with Crippen LogP contribution in [-0.4, -0.2) is 21.8 Å². The van der Waals surface area contributed by atoms with Crippen molar-refractivity contribution in [1.82, 2.24) is 4.98 Å². The molecule has 0 saturated carbocycles. The number of aromatic amines is 1. The fourth-order valence-corrected chi connectivity index (χ4v) is 1.67. The summed E-state index contributed by atoms with van der Waals surface area (Å²) in [7, 11) is 0. The molecule has 3 N–H and O–H groups in total. The van der Waals surface area contributed by atoms with Crippen LogP contribution < -0.4 is 10.7 Å². The van der Waals surface area contributed by atoms with Gasteiger partial charge in [0.05, 0.1) is 5.71 Å². The van der Waals surface area contributed by atoms with Crippen molar-refractivity contribution in [3.63, 3.8) is 0 Å². The number of hydrogen-bond acceptors (Lipinski definition) is 4. The van der Waals surface area contributed by atoms with Crippen molar-refractivity contribution in [2.24, 2.45) is 5.16 Å². The Morgan fingerprint density at radius 1 is 1.35 bits per heavy atom. The molecule has 0 bridgehead atoms. The van der Waals surface area contributed by atoms with E-state index in [-0.39, 0.29) is 11.0 Å². The molecule has 0 radical (unpaired) electrons. The molecule has 0 fully saturated rings. The van der Waals surface area contributed by atoms with Gasteiger partial charge >= 0.3 is 0 Å². The molecule has 0 saturated heterocycles. The Bertz CT molecular complexity index is 719. The molecule has 0 atom stereocenters. The number of aromatic nitrogens is 1. The molecule has 1 aromatic carbocycles. The summed E-state index contributed by atoms with van der Waals surface area (Å²) in [6, 6.07) is 8.09. The van der Waals surface area contributed by atoms with E-state index in [2.05, 4.69) is 15.5 Å². The van der Waals surface area contributed by atoms with Gasteiger partial charge < -0.3 is 15.5 Å². The highest BCUT2D eigenvalue weighted by atomic mass is 16.4. The standard InChI is InChI=1S/C14H13N3O3/c1-9(17-20)10-3-2-4-11(7-10)16-14(19)12-8-15-6-5-13(12)18/h2-8,20H,1H3,(H,15,18)(H,16,19)/b17-9-. The van der Waals surface area contributed by atoms with Gasteiger partial charge in [0.15, 0.2) is 5.43 Å². The Kier molecular flexibility index (Phi) is 3.95. The molecule has 2 rings (SSSR count). The lowest BCUT2D eigenvalue weighted by Gasteiger charge is -2.06. The first kappa shape index (κ1) is 13.5. The van der Waals surface area contributed by atoms with Gasteiger partial charge in [-0.15, -0.1) is 0 Å². The molecule has 1 amide bonds. The quantitative estimate of drug-likeness (QED) is 0.451. The lowest BCUT2D eigenvalue weighted by Crippen LogP contribution is -2.20. The first-order valence-electron chi connectivity index (χ1n) is 5.89. The van der Waals surface area contributed by atoms with Gasteiger partial charge in [-0.3, -0.25) is 9.59 Å². The third kappa shape index (κ3) is 2.92. The number of H-pyrrole nitrogens is 1. The molecule has 20 heavy (non-hydrogen) atoms. The van der Waals surface area contributed by atoms with Crippen LogP contribution in [-0.2, 0) is 0 Å². The Hall–Kier alpha value is -2.89. The van der Waals surface area contributed by atoms with Gasteiger partial charge in [-0.25, -0.2) is 0 Å². The van der Waals surface area contributed by atoms with Crippen LogP contribution in [0.2, 0.25) is 0 Å². The van der Waals surface area contributed by atoms with Crippen molar-refractivity contribution >= 4 is 17.3 Å². The van der Waals surface area contributed by atoms with E-state index in [1.165, 1.54) is 18.5 Å². The SMILES string of the molecule is C/C(=N/O)c1cccc(NC(=O)c2c[nH]ccc2=O)c1. The summed E-state index contributed by atoms with van der Waals surface area (Å²) in [5.41, 5.74) is 1.29. The lowest BCUT2D eigenvalue weighted by molar-refractivity contribution is 0.102. The van der Waals surface area contributed by atoms with Crippen LogP contribution in [0.15, 0.2) is 52.7 Å². The van der Waals surface area contributed by atoms with E-state index < -0.39 is 5.91 Å². The van der Waals surface area contributed by atoms with Gasteiger partial charge in [-0.2, -0.15) is 0 Å². The number of amides is 1. The van der Waals surface area contributed by atoms with Crippen LogP contribution in [0, 0.1) is 0 Å². The summed E-state index contributed by atoms with van der Waals surface area (Å²) in [6.45, 7) is 1.64. The topological polar surface area (TPSA) is 94.6 Å². The number of benzene rings is 1. The highest BCUT2D eigenvalue weighted by Crippen LogP contribution is 2.12. The minimum atomic E-state index is -0.498. The number of rotatable bonds is 3. The maximum absolute atomic E-state index is 12.0. The number of anilines is 1. The van der Waals surface area contributed by atoms with E-state index in [1.54, 1.807) is 31.2 Å². The molecule has 0 aliphatic heterocycles. The summed E-state index contributed by atoms with van der Waals surface area (Å²) < 4.78 is 0. The predicted molar refractivity (Wildman–Crippen MR) is 75.5 cm³/mol. The monoisotopic (exact) mass is 271 g/mol. The Morgan fingerprint density at radius 3 is 2.85 bits per heavy atom. The predicted octanol–water partition coefficient (Wildman–Crippen LogP) is 1.83. The molecule has 102 valence electrons.